The standard InChI is InChI=1S/C16H30N4O4/c1-16(2,3)20-14(22)12(7-4-5-9-18-15(23)24)19-13(21)11-8-6-10-17-11/h11-12,17-18H,4-10H2,1-3H3,(H,19,21)(H,20,22)(H,23,24)/t11-,12?/m0/s1. The third kappa shape index (κ3) is 8.14. The lowest BCUT2D eigenvalue weighted by Gasteiger charge is -2.26. The molecule has 8 heteroatoms. The molecule has 1 aliphatic heterocycles. The van der Waals surface area contributed by atoms with Crippen LogP contribution in [0.4, 0.5) is 4.79 Å². The zero-order valence-corrected chi connectivity index (χ0v) is 14.8. The summed E-state index contributed by atoms with van der Waals surface area (Å²) in [5, 5.41) is 19.7. The maximum Gasteiger partial charge on any atom is 0.404 e. The van der Waals surface area contributed by atoms with Crippen molar-refractivity contribution in [1.82, 2.24) is 21.3 Å². The first kappa shape index (κ1) is 20.2. The molecule has 0 aromatic rings. The predicted molar refractivity (Wildman–Crippen MR) is 90.7 cm³/mol. The maximum absolute atomic E-state index is 12.4. The van der Waals surface area contributed by atoms with Crippen molar-refractivity contribution in [3.8, 4) is 0 Å². The van der Waals surface area contributed by atoms with Gasteiger partial charge in [-0.25, -0.2) is 4.79 Å². The largest absolute Gasteiger partial charge is 0.465 e. The highest BCUT2D eigenvalue weighted by atomic mass is 16.4. The summed E-state index contributed by atoms with van der Waals surface area (Å²) < 4.78 is 0. The number of carboxylic acid groups (broad SMARTS) is 1. The Balaban J connectivity index is 2.52. The van der Waals surface area contributed by atoms with Gasteiger partial charge in [0, 0.05) is 12.1 Å². The van der Waals surface area contributed by atoms with Gasteiger partial charge in [-0.15, -0.1) is 0 Å². The third-order valence-corrected chi connectivity index (χ3v) is 3.70. The van der Waals surface area contributed by atoms with Gasteiger partial charge in [-0.05, 0) is 59.4 Å². The highest BCUT2D eigenvalue weighted by Gasteiger charge is 2.28. The van der Waals surface area contributed by atoms with Gasteiger partial charge in [-0.2, -0.15) is 0 Å². The van der Waals surface area contributed by atoms with Crippen molar-refractivity contribution in [2.45, 2.75) is 70.5 Å². The van der Waals surface area contributed by atoms with Crippen molar-refractivity contribution < 1.29 is 19.5 Å². The molecule has 2 atom stereocenters. The van der Waals surface area contributed by atoms with E-state index in [-0.39, 0.29) is 23.4 Å². The van der Waals surface area contributed by atoms with Crippen molar-refractivity contribution in [2.24, 2.45) is 0 Å². The van der Waals surface area contributed by atoms with Crippen LogP contribution < -0.4 is 21.3 Å². The molecule has 0 aromatic heterocycles. The van der Waals surface area contributed by atoms with Gasteiger partial charge in [0.15, 0.2) is 0 Å². The fraction of sp³-hybridized carbons (Fsp3) is 0.812. The summed E-state index contributed by atoms with van der Waals surface area (Å²) >= 11 is 0. The van der Waals surface area contributed by atoms with Crippen LogP contribution in [0, 0.1) is 0 Å². The number of carbonyl (C=O) groups excluding carboxylic acids is 2. The first-order valence-corrected chi connectivity index (χ1v) is 8.51. The van der Waals surface area contributed by atoms with E-state index in [1.807, 2.05) is 20.8 Å². The van der Waals surface area contributed by atoms with E-state index in [1.165, 1.54) is 0 Å². The smallest absolute Gasteiger partial charge is 0.404 e. The summed E-state index contributed by atoms with van der Waals surface area (Å²) in [6, 6.07) is -0.840. The first-order chi connectivity index (χ1) is 11.2. The summed E-state index contributed by atoms with van der Waals surface area (Å²) in [4.78, 5) is 35.1. The Morgan fingerprint density at radius 3 is 2.50 bits per heavy atom. The lowest BCUT2D eigenvalue weighted by atomic mass is 10.0. The zero-order chi connectivity index (χ0) is 18.2. The van der Waals surface area contributed by atoms with E-state index >= 15 is 0 Å². The molecule has 24 heavy (non-hydrogen) atoms. The van der Waals surface area contributed by atoms with Crippen LogP contribution in [0.5, 0.6) is 0 Å². The van der Waals surface area contributed by atoms with Crippen LogP contribution in [0.15, 0.2) is 0 Å². The van der Waals surface area contributed by atoms with E-state index in [9.17, 15) is 14.4 Å². The summed E-state index contributed by atoms with van der Waals surface area (Å²) in [5.41, 5.74) is -0.378. The molecule has 0 saturated carbocycles. The number of amides is 3. The molecule has 5 N–H and O–H groups in total. The minimum atomic E-state index is -1.06. The molecule has 0 aromatic carbocycles. The Hall–Kier alpha value is -1.83. The molecule has 1 heterocycles. The van der Waals surface area contributed by atoms with Crippen LogP contribution in [0.3, 0.4) is 0 Å². The van der Waals surface area contributed by atoms with E-state index in [1.54, 1.807) is 0 Å². The Bertz CT molecular complexity index is 442. The highest BCUT2D eigenvalue weighted by Crippen LogP contribution is 2.09. The van der Waals surface area contributed by atoms with Crippen molar-refractivity contribution in [2.75, 3.05) is 13.1 Å². The van der Waals surface area contributed by atoms with Crippen molar-refractivity contribution >= 4 is 17.9 Å². The highest BCUT2D eigenvalue weighted by molar-refractivity contribution is 5.90. The predicted octanol–water partition coefficient (Wildman–Crippen LogP) is 0.576. The number of rotatable bonds is 8. The van der Waals surface area contributed by atoms with Crippen LogP contribution >= 0.6 is 0 Å². The van der Waals surface area contributed by atoms with E-state index in [4.69, 9.17) is 5.11 Å². The lowest BCUT2D eigenvalue weighted by molar-refractivity contribution is -0.130. The molecule has 8 nitrogen and oxygen atoms in total. The molecule has 0 radical (unpaired) electrons. The van der Waals surface area contributed by atoms with Gasteiger partial charge in [-0.1, -0.05) is 0 Å². The number of hydrogen-bond acceptors (Lipinski definition) is 4. The van der Waals surface area contributed by atoms with E-state index < -0.39 is 12.1 Å². The molecule has 1 rings (SSSR count). The van der Waals surface area contributed by atoms with Crippen molar-refractivity contribution in [1.29, 1.82) is 0 Å². The SMILES string of the molecule is CC(C)(C)NC(=O)C(CCCCNC(=O)O)NC(=O)[C@@H]1CCCN1. The molecule has 138 valence electrons. The topological polar surface area (TPSA) is 120 Å². The molecule has 0 aliphatic carbocycles. The number of carbonyl (C=O) groups is 3. The summed E-state index contributed by atoms with van der Waals surface area (Å²) in [5.74, 6) is -0.356. The molecule has 0 spiro atoms. The summed E-state index contributed by atoms with van der Waals surface area (Å²) in [7, 11) is 0. The Morgan fingerprint density at radius 1 is 1.25 bits per heavy atom. The molecule has 3 amide bonds. The lowest BCUT2D eigenvalue weighted by Crippen LogP contribution is -2.54. The zero-order valence-electron chi connectivity index (χ0n) is 14.8. The summed E-state index contributed by atoms with van der Waals surface area (Å²) in [6.45, 7) is 6.82. The van der Waals surface area contributed by atoms with E-state index in [0.29, 0.717) is 25.8 Å². The van der Waals surface area contributed by atoms with Gasteiger partial charge in [0.25, 0.3) is 0 Å². The van der Waals surface area contributed by atoms with Gasteiger partial charge in [0.05, 0.1) is 6.04 Å². The third-order valence-electron chi connectivity index (χ3n) is 3.70. The fourth-order valence-electron chi connectivity index (χ4n) is 2.57. The van der Waals surface area contributed by atoms with Gasteiger partial charge in [-0.3, -0.25) is 9.59 Å². The molecule has 0 bridgehead atoms. The first-order valence-electron chi connectivity index (χ1n) is 8.51. The molecule has 1 fully saturated rings. The molecular weight excluding hydrogens is 312 g/mol. The molecule has 1 aliphatic rings. The second kappa shape index (κ2) is 9.46. The minimum Gasteiger partial charge on any atom is -0.465 e. The number of unbranched alkanes of at least 4 members (excludes halogenated alkanes) is 1. The van der Waals surface area contributed by atoms with Crippen LogP contribution in [-0.4, -0.2) is 53.7 Å². The Morgan fingerprint density at radius 2 is 1.96 bits per heavy atom. The van der Waals surface area contributed by atoms with Gasteiger partial charge in [0.2, 0.25) is 11.8 Å². The average Bonchev–Trinajstić information content (AvgIpc) is 2.97. The second-order valence-corrected chi connectivity index (χ2v) is 7.18. The Kier molecular flexibility index (Phi) is 7.97. The number of hydrogen-bond donors (Lipinski definition) is 5. The summed E-state index contributed by atoms with van der Waals surface area (Å²) in [6.07, 6.45) is 2.41. The second-order valence-electron chi connectivity index (χ2n) is 7.18. The average molecular weight is 342 g/mol. The quantitative estimate of drug-likeness (QED) is 0.413. The van der Waals surface area contributed by atoms with Crippen LogP contribution in [0.25, 0.3) is 0 Å². The molecule has 1 saturated heterocycles. The Labute approximate surface area is 143 Å². The van der Waals surface area contributed by atoms with Gasteiger partial charge < -0.3 is 26.4 Å². The molecule has 1 unspecified atom stereocenters. The van der Waals surface area contributed by atoms with Gasteiger partial charge in [0.1, 0.15) is 6.04 Å². The minimum absolute atomic E-state index is 0.148. The van der Waals surface area contributed by atoms with Crippen LogP contribution in [0.1, 0.15) is 52.9 Å². The maximum atomic E-state index is 12.4. The van der Waals surface area contributed by atoms with Crippen LogP contribution in [-0.2, 0) is 9.59 Å². The fourth-order valence-corrected chi connectivity index (χ4v) is 2.57. The normalized spacial score (nSPS) is 18.7. The van der Waals surface area contributed by atoms with Crippen LogP contribution in [0.2, 0.25) is 0 Å². The van der Waals surface area contributed by atoms with Crippen molar-refractivity contribution in [3.63, 3.8) is 0 Å². The van der Waals surface area contributed by atoms with E-state index in [0.717, 1.165) is 19.4 Å². The number of nitrogens with one attached hydrogen (secondary N) is 4. The molecular formula is C16H30N4O4. The van der Waals surface area contributed by atoms with Gasteiger partial charge >= 0.3 is 6.09 Å². The monoisotopic (exact) mass is 342 g/mol. The van der Waals surface area contributed by atoms with E-state index in [2.05, 4.69) is 21.3 Å². The van der Waals surface area contributed by atoms with Crippen molar-refractivity contribution in [3.05, 3.63) is 0 Å².